The van der Waals surface area contributed by atoms with Crippen molar-refractivity contribution in [3.05, 3.63) is 23.8 Å². The Kier molecular flexibility index (Phi) is 9.64. The molecule has 1 unspecified atom stereocenters. The number of esters is 3. The van der Waals surface area contributed by atoms with Crippen LogP contribution in [-0.4, -0.2) is 47.9 Å². The third-order valence-corrected chi connectivity index (χ3v) is 3.91. The summed E-state index contributed by atoms with van der Waals surface area (Å²) in [5.74, 6) is -1.81. The molecule has 0 aromatic heterocycles. The van der Waals surface area contributed by atoms with Gasteiger partial charge in [0.25, 0.3) is 0 Å². The van der Waals surface area contributed by atoms with E-state index in [0.29, 0.717) is 5.56 Å². The van der Waals surface area contributed by atoms with E-state index < -0.39 is 47.9 Å². The van der Waals surface area contributed by atoms with Gasteiger partial charge in [0, 0.05) is 13.8 Å². The number of nitrogens with two attached hydrogens (primary N) is 1. The summed E-state index contributed by atoms with van der Waals surface area (Å²) >= 11 is 0. The van der Waals surface area contributed by atoms with Crippen molar-refractivity contribution in [2.24, 2.45) is 5.73 Å². The fourth-order valence-electron chi connectivity index (χ4n) is 2.38. The van der Waals surface area contributed by atoms with Crippen LogP contribution in [0.5, 0.6) is 11.5 Å². The van der Waals surface area contributed by atoms with Crippen LogP contribution in [0.3, 0.4) is 0 Å². The smallest absolute Gasteiger partial charge is 0.458 e. The van der Waals surface area contributed by atoms with Crippen molar-refractivity contribution in [1.82, 2.24) is 0 Å². The first-order valence-electron chi connectivity index (χ1n) is 10.0. The largest absolute Gasteiger partial charge is 0.509 e. The van der Waals surface area contributed by atoms with Crippen LogP contribution in [0.1, 0.15) is 54.0 Å². The molecular weight excluding hydrogens is 422 g/mol. The summed E-state index contributed by atoms with van der Waals surface area (Å²) in [5.41, 5.74) is 5.79. The summed E-state index contributed by atoms with van der Waals surface area (Å²) in [4.78, 5) is 46.7. The first-order valence-corrected chi connectivity index (χ1v) is 10.0. The van der Waals surface area contributed by atoms with Crippen LogP contribution in [-0.2, 0) is 35.0 Å². The van der Waals surface area contributed by atoms with Crippen LogP contribution in [0.25, 0.3) is 0 Å². The lowest BCUT2D eigenvalue weighted by Crippen LogP contribution is -2.40. The van der Waals surface area contributed by atoms with E-state index in [2.05, 4.69) is 0 Å². The molecule has 0 bridgehead atoms. The molecule has 0 saturated carbocycles. The van der Waals surface area contributed by atoms with Gasteiger partial charge in [0.05, 0.1) is 0 Å². The number of hydrogen-bond donors (Lipinski definition) is 1. The van der Waals surface area contributed by atoms with E-state index in [0.717, 1.165) is 0 Å². The average molecular weight is 453 g/mol. The van der Waals surface area contributed by atoms with Gasteiger partial charge in [-0.15, -0.1) is 0 Å². The first kappa shape index (κ1) is 26.9. The predicted octanol–water partition coefficient (Wildman–Crippen LogP) is 2.68. The van der Waals surface area contributed by atoms with Gasteiger partial charge in [0.15, 0.2) is 11.5 Å². The average Bonchev–Trinajstić information content (AvgIpc) is 2.61. The Bertz CT molecular complexity index is 844. The van der Waals surface area contributed by atoms with Crippen molar-refractivity contribution in [1.29, 1.82) is 0 Å². The van der Waals surface area contributed by atoms with E-state index in [-0.39, 0.29) is 17.9 Å². The third kappa shape index (κ3) is 9.78. The topological polar surface area (TPSA) is 140 Å². The monoisotopic (exact) mass is 453 g/mol. The molecule has 0 heterocycles. The fourth-order valence-corrected chi connectivity index (χ4v) is 2.38. The molecule has 1 rings (SSSR count). The van der Waals surface area contributed by atoms with E-state index in [1.807, 2.05) is 0 Å². The van der Waals surface area contributed by atoms with Crippen LogP contribution in [0.2, 0.25) is 0 Å². The summed E-state index contributed by atoms with van der Waals surface area (Å²) in [5, 5.41) is 0. The second-order valence-electron chi connectivity index (χ2n) is 8.21. The lowest BCUT2D eigenvalue weighted by atomic mass is 10.1. The first-order chi connectivity index (χ1) is 14.7. The second kappa shape index (κ2) is 11.5. The molecule has 0 aliphatic rings. The SMILES string of the molecule is CC(=O)Oc1ccc(C[C@H](N)C(=O)O[C@@H](C)C(C)OC(=O)OC(C)(C)C)cc1OC(C)=O. The Morgan fingerprint density at radius 1 is 0.906 bits per heavy atom. The molecule has 10 nitrogen and oxygen atoms in total. The summed E-state index contributed by atoms with van der Waals surface area (Å²) in [7, 11) is 0. The van der Waals surface area contributed by atoms with Crippen LogP contribution in [0.4, 0.5) is 4.79 Å². The number of ether oxygens (including phenoxy) is 5. The Morgan fingerprint density at radius 2 is 1.44 bits per heavy atom. The quantitative estimate of drug-likeness (QED) is 0.461. The molecule has 0 aliphatic carbocycles. The van der Waals surface area contributed by atoms with Crippen molar-refractivity contribution in [2.75, 3.05) is 0 Å². The third-order valence-electron chi connectivity index (χ3n) is 3.91. The second-order valence-corrected chi connectivity index (χ2v) is 8.21. The van der Waals surface area contributed by atoms with Crippen molar-refractivity contribution in [3.8, 4) is 11.5 Å². The summed E-state index contributed by atoms with van der Waals surface area (Å²) in [6.07, 6.45) is -2.35. The molecule has 1 aromatic rings. The van der Waals surface area contributed by atoms with Crippen molar-refractivity contribution in [2.45, 2.75) is 78.7 Å². The molecule has 178 valence electrons. The highest BCUT2D eigenvalue weighted by Gasteiger charge is 2.26. The summed E-state index contributed by atoms with van der Waals surface area (Å²) in [6, 6.07) is 3.42. The van der Waals surface area contributed by atoms with Gasteiger partial charge in [-0.05, 0) is 58.7 Å². The van der Waals surface area contributed by atoms with Gasteiger partial charge < -0.3 is 29.4 Å². The van der Waals surface area contributed by atoms with Crippen molar-refractivity contribution in [3.63, 3.8) is 0 Å². The zero-order valence-electron chi connectivity index (χ0n) is 19.4. The van der Waals surface area contributed by atoms with Gasteiger partial charge in [-0.3, -0.25) is 14.4 Å². The number of hydrogen-bond acceptors (Lipinski definition) is 10. The maximum atomic E-state index is 12.4. The lowest BCUT2D eigenvalue weighted by molar-refractivity contribution is -0.156. The lowest BCUT2D eigenvalue weighted by Gasteiger charge is -2.24. The highest BCUT2D eigenvalue weighted by atomic mass is 16.7. The minimum atomic E-state index is -1.05. The molecule has 0 aliphatic heterocycles. The van der Waals surface area contributed by atoms with Crippen LogP contribution in [0.15, 0.2) is 18.2 Å². The highest BCUT2D eigenvalue weighted by Crippen LogP contribution is 2.29. The predicted molar refractivity (Wildman–Crippen MR) is 113 cm³/mol. The number of carbonyl (C=O) groups is 4. The van der Waals surface area contributed by atoms with Gasteiger partial charge in [-0.25, -0.2) is 4.79 Å². The molecule has 32 heavy (non-hydrogen) atoms. The number of carbonyl (C=O) groups excluding carboxylic acids is 4. The highest BCUT2D eigenvalue weighted by molar-refractivity contribution is 5.76. The molecule has 1 aromatic carbocycles. The normalized spacial score (nSPS) is 13.9. The summed E-state index contributed by atoms with van der Waals surface area (Å²) in [6.45, 7) is 10.6. The van der Waals surface area contributed by atoms with E-state index in [1.54, 1.807) is 40.7 Å². The Hall–Kier alpha value is -3.14. The van der Waals surface area contributed by atoms with Gasteiger partial charge in [0.2, 0.25) is 0 Å². The minimum Gasteiger partial charge on any atom is -0.458 e. The molecular formula is C22H31NO9. The molecule has 0 amide bonds. The Balaban J connectivity index is 2.75. The van der Waals surface area contributed by atoms with Gasteiger partial charge in [-0.1, -0.05) is 6.07 Å². The molecule has 0 saturated heterocycles. The van der Waals surface area contributed by atoms with Crippen molar-refractivity contribution >= 4 is 24.1 Å². The molecule has 2 N–H and O–H groups in total. The Labute approximate surface area is 187 Å². The van der Waals surface area contributed by atoms with Crippen LogP contribution >= 0.6 is 0 Å². The maximum absolute atomic E-state index is 12.4. The minimum absolute atomic E-state index is 0.0264. The fraction of sp³-hybridized carbons (Fsp3) is 0.545. The van der Waals surface area contributed by atoms with Crippen LogP contribution < -0.4 is 15.2 Å². The Morgan fingerprint density at radius 3 is 1.97 bits per heavy atom. The molecule has 0 fully saturated rings. The van der Waals surface area contributed by atoms with Gasteiger partial charge in [-0.2, -0.15) is 0 Å². The van der Waals surface area contributed by atoms with Crippen LogP contribution in [0, 0.1) is 0 Å². The van der Waals surface area contributed by atoms with Gasteiger partial charge >= 0.3 is 24.1 Å². The zero-order valence-corrected chi connectivity index (χ0v) is 19.4. The standard InChI is InChI=1S/C22H31NO9/c1-12(13(2)29-21(27)32-22(5,6)7)28-20(26)17(23)10-16-8-9-18(30-14(3)24)19(11-16)31-15(4)25/h8-9,11-13,17H,10,23H2,1-7H3/t12-,13?,17-/m0/s1. The molecule has 3 atom stereocenters. The van der Waals surface area contributed by atoms with E-state index in [1.165, 1.54) is 26.0 Å². The zero-order chi connectivity index (χ0) is 24.6. The van der Waals surface area contributed by atoms with E-state index in [4.69, 9.17) is 29.4 Å². The van der Waals surface area contributed by atoms with Gasteiger partial charge in [0.1, 0.15) is 23.9 Å². The van der Waals surface area contributed by atoms with E-state index in [9.17, 15) is 19.2 Å². The number of rotatable bonds is 8. The molecule has 10 heteroatoms. The van der Waals surface area contributed by atoms with E-state index >= 15 is 0 Å². The van der Waals surface area contributed by atoms with Crippen molar-refractivity contribution < 1.29 is 42.9 Å². The number of benzene rings is 1. The molecule has 0 spiro atoms. The maximum Gasteiger partial charge on any atom is 0.509 e. The summed E-state index contributed by atoms with van der Waals surface area (Å²) < 4.78 is 25.5. The molecule has 0 radical (unpaired) electrons.